The van der Waals surface area contributed by atoms with E-state index in [4.69, 9.17) is 15.0 Å². The molecule has 1 unspecified atom stereocenters. The number of hydrogen-bond acceptors (Lipinski definition) is 5. The second kappa shape index (κ2) is 5.07. The summed E-state index contributed by atoms with van der Waals surface area (Å²) in [6.45, 7) is 3.79. The average molecular weight is 265 g/mol. The highest BCUT2D eigenvalue weighted by molar-refractivity contribution is 5.54. The minimum absolute atomic E-state index is 0.241. The zero-order valence-electron chi connectivity index (χ0n) is 11.1. The average Bonchev–Trinajstić information content (AvgIpc) is 2.77. The van der Waals surface area contributed by atoms with Gasteiger partial charge in [0.1, 0.15) is 11.4 Å². The van der Waals surface area contributed by atoms with Gasteiger partial charge in [0, 0.05) is 12.7 Å². The van der Waals surface area contributed by atoms with E-state index in [0.717, 1.165) is 5.56 Å². The van der Waals surface area contributed by atoms with Crippen LogP contribution in [0.1, 0.15) is 18.3 Å². The maximum Gasteiger partial charge on any atom is 0.258 e. The van der Waals surface area contributed by atoms with Crippen LogP contribution < -0.4 is 5.73 Å². The molecule has 6 heteroatoms. The molecule has 0 saturated carbocycles. The SMILES string of the molecule is COCC(C)(N)c1noc(-c2cc(C)cc(F)c2)n1. The van der Waals surface area contributed by atoms with Crippen LogP contribution in [-0.2, 0) is 10.3 Å². The van der Waals surface area contributed by atoms with Gasteiger partial charge >= 0.3 is 0 Å². The van der Waals surface area contributed by atoms with Crippen molar-refractivity contribution in [3.63, 3.8) is 0 Å². The van der Waals surface area contributed by atoms with Gasteiger partial charge in [0.25, 0.3) is 5.89 Å². The number of nitrogens with zero attached hydrogens (tertiary/aromatic N) is 2. The van der Waals surface area contributed by atoms with Crippen molar-refractivity contribution in [1.82, 2.24) is 10.1 Å². The largest absolute Gasteiger partial charge is 0.382 e. The molecular formula is C13H16FN3O2. The van der Waals surface area contributed by atoms with E-state index in [9.17, 15) is 4.39 Å². The molecule has 1 aromatic carbocycles. The summed E-state index contributed by atoms with van der Waals surface area (Å²) in [5, 5.41) is 3.83. The number of halogens is 1. The quantitative estimate of drug-likeness (QED) is 0.915. The number of methoxy groups -OCH3 is 1. The zero-order chi connectivity index (χ0) is 14.0. The van der Waals surface area contributed by atoms with Crippen molar-refractivity contribution >= 4 is 0 Å². The molecule has 0 aliphatic rings. The van der Waals surface area contributed by atoms with Gasteiger partial charge in [0.05, 0.1) is 6.61 Å². The van der Waals surface area contributed by atoms with Gasteiger partial charge in [-0.15, -0.1) is 0 Å². The summed E-state index contributed by atoms with van der Waals surface area (Å²) in [6, 6.07) is 4.54. The Balaban J connectivity index is 2.35. The Labute approximate surface area is 110 Å². The topological polar surface area (TPSA) is 74.2 Å². The molecule has 2 rings (SSSR count). The Hall–Kier alpha value is -1.79. The number of aromatic nitrogens is 2. The van der Waals surface area contributed by atoms with E-state index in [1.54, 1.807) is 27.0 Å². The predicted octanol–water partition coefficient (Wildman–Crippen LogP) is 2.00. The molecule has 2 aromatic rings. The maximum atomic E-state index is 13.3. The van der Waals surface area contributed by atoms with Crippen molar-refractivity contribution in [3.8, 4) is 11.5 Å². The van der Waals surface area contributed by atoms with Gasteiger partial charge in [0.2, 0.25) is 0 Å². The van der Waals surface area contributed by atoms with Crippen LogP contribution >= 0.6 is 0 Å². The highest BCUT2D eigenvalue weighted by atomic mass is 19.1. The van der Waals surface area contributed by atoms with Crippen LogP contribution in [0, 0.1) is 12.7 Å². The van der Waals surface area contributed by atoms with Crippen LogP contribution in [0.5, 0.6) is 0 Å². The Bertz CT molecular complexity index is 561. The Morgan fingerprint density at radius 1 is 1.42 bits per heavy atom. The van der Waals surface area contributed by atoms with Gasteiger partial charge in [-0.25, -0.2) is 4.39 Å². The van der Waals surface area contributed by atoms with E-state index in [0.29, 0.717) is 11.4 Å². The first-order valence-electron chi connectivity index (χ1n) is 5.82. The number of hydrogen-bond donors (Lipinski definition) is 1. The van der Waals surface area contributed by atoms with Gasteiger partial charge in [0.15, 0.2) is 5.82 Å². The Morgan fingerprint density at radius 2 is 2.16 bits per heavy atom. The third kappa shape index (κ3) is 2.97. The van der Waals surface area contributed by atoms with Crippen LogP contribution in [0.15, 0.2) is 22.7 Å². The summed E-state index contributed by atoms with van der Waals surface area (Å²) in [5.41, 5.74) is 6.48. The van der Waals surface area contributed by atoms with Crippen LogP contribution in [-0.4, -0.2) is 23.9 Å². The highest BCUT2D eigenvalue weighted by Gasteiger charge is 2.27. The van der Waals surface area contributed by atoms with E-state index < -0.39 is 5.54 Å². The fraction of sp³-hybridized carbons (Fsp3) is 0.385. The lowest BCUT2D eigenvalue weighted by molar-refractivity contribution is 0.135. The third-order valence-corrected chi connectivity index (χ3v) is 2.67. The summed E-state index contributed by atoms with van der Waals surface area (Å²) in [6.07, 6.45) is 0. The van der Waals surface area contributed by atoms with E-state index in [1.165, 1.54) is 12.1 Å². The summed E-state index contributed by atoms with van der Waals surface area (Å²) >= 11 is 0. The lowest BCUT2D eigenvalue weighted by Crippen LogP contribution is -2.38. The van der Waals surface area contributed by atoms with Crippen molar-refractivity contribution in [2.45, 2.75) is 19.4 Å². The van der Waals surface area contributed by atoms with Crippen LogP contribution in [0.2, 0.25) is 0 Å². The molecule has 1 atom stereocenters. The highest BCUT2D eigenvalue weighted by Crippen LogP contribution is 2.23. The standard InChI is InChI=1S/C13H16FN3O2/c1-8-4-9(6-10(14)5-8)11-16-12(17-19-11)13(2,15)7-18-3/h4-6H,7,15H2,1-3H3. The lowest BCUT2D eigenvalue weighted by Gasteiger charge is -2.18. The normalized spacial score (nSPS) is 14.4. The summed E-state index contributed by atoms with van der Waals surface area (Å²) in [5.74, 6) is 0.221. The van der Waals surface area contributed by atoms with Crippen molar-refractivity contribution in [2.24, 2.45) is 5.73 Å². The monoisotopic (exact) mass is 265 g/mol. The first kappa shape index (κ1) is 13.6. The van der Waals surface area contributed by atoms with Gasteiger partial charge in [-0.05, 0) is 37.6 Å². The minimum Gasteiger partial charge on any atom is -0.382 e. The Morgan fingerprint density at radius 3 is 2.79 bits per heavy atom. The minimum atomic E-state index is -0.848. The fourth-order valence-electron chi connectivity index (χ4n) is 1.80. The molecule has 0 fully saturated rings. The molecule has 0 amide bonds. The van der Waals surface area contributed by atoms with E-state index >= 15 is 0 Å². The lowest BCUT2D eigenvalue weighted by atomic mass is 10.1. The first-order valence-corrected chi connectivity index (χ1v) is 5.82. The predicted molar refractivity (Wildman–Crippen MR) is 67.8 cm³/mol. The first-order chi connectivity index (χ1) is 8.92. The van der Waals surface area contributed by atoms with E-state index in [1.807, 2.05) is 0 Å². The molecule has 0 aliphatic heterocycles. The van der Waals surface area contributed by atoms with E-state index in [-0.39, 0.29) is 18.3 Å². The van der Waals surface area contributed by atoms with Crippen LogP contribution in [0.3, 0.4) is 0 Å². The second-order valence-corrected chi connectivity index (χ2v) is 4.79. The summed E-state index contributed by atoms with van der Waals surface area (Å²) < 4.78 is 23.5. The fourth-order valence-corrected chi connectivity index (χ4v) is 1.80. The van der Waals surface area contributed by atoms with Crippen LogP contribution in [0.4, 0.5) is 4.39 Å². The molecule has 0 spiro atoms. The smallest absolute Gasteiger partial charge is 0.258 e. The second-order valence-electron chi connectivity index (χ2n) is 4.79. The third-order valence-electron chi connectivity index (χ3n) is 2.67. The number of aryl methyl sites for hydroxylation is 1. The zero-order valence-corrected chi connectivity index (χ0v) is 11.1. The molecule has 0 bridgehead atoms. The number of rotatable bonds is 4. The molecule has 1 heterocycles. The molecular weight excluding hydrogens is 249 g/mol. The van der Waals surface area contributed by atoms with E-state index in [2.05, 4.69) is 10.1 Å². The molecule has 0 saturated heterocycles. The molecule has 0 aliphatic carbocycles. The maximum absolute atomic E-state index is 13.3. The summed E-state index contributed by atoms with van der Waals surface area (Å²) in [7, 11) is 1.54. The molecule has 1 aromatic heterocycles. The molecule has 2 N–H and O–H groups in total. The number of nitrogens with two attached hydrogens (primary N) is 1. The summed E-state index contributed by atoms with van der Waals surface area (Å²) in [4.78, 5) is 4.20. The van der Waals surface area contributed by atoms with Gasteiger partial charge < -0.3 is 15.0 Å². The van der Waals surface area contributed by atoms with Crippen LogP contribution in [0.25, 0.3) is 11.5 Å². The van der Waals surface area contributed by atoms with Gasteiger partial charge in [-0.2, -0.15) is 4.98 Å². The van der Waals surface area contributed by atoms with Gasteiger partial charge in [-0.1, -0.05) is 5.16 Å². The van der Waals surface area contributed by atoms with Crippen molar-refractivity contribution < 1.29 is 13.7 Å². The van der Waals surface area contributed by atoms with Crippen molar-refractivity contribution in [3.05, 3.63) is 35.4 Å². The van der Waals surface area contributed by atoms with Crippen molar-refractivity contribution in [2.75, 3.05) is 13.7 Å². The number of benzene rings is 1. The van der Waals surface area contributed by atoms with Crippen molar-refractivity contribution in [1.29, 1.82) is 0 Å². The van der Waals surface area contributed by atoms with Gasteiger partial charge in [-0.3, -0.25) is 0 Å². The molecule has 19 heavy (non-hydrogen) atoms. The molecule has 0 radical (unpaired) electrons. The molecule has 102 valence electrons. The molecule has 5 nitrogen and oxygen atoms in total. The number of ether oxygens (including phenoxy) is 1. The Kier molecular flexibility index (Phi) is 3.64.